The van der Waals surface area contributed by atoms with Crippen LogP contribution < -0.4 is 5.73 Å². The molecule has 3 N–H and O–H groups in total. The Balaban J connectivity index is 1.85. The molecular weight excluding hydrogens is 260 g/mol. The first-order valence-corrected chi connectivity index (χ1v) is 6.28. The lowest BCUT2D eigenvalue weighted by Crippen LogP contribution is -2.10. The van der Waals surface area contributed by atoms with Gasteiger partial charge in [-0.1, -0.05) is 48.0 Å². The van der Waals surface area contributed by atoms with Crippen molar-refractivity contribution in [2.45, 2.75) is 13.2 Å². The summed E-state index contributed by atoms with van der Waals surface area (Å²) in [4.78, 5) is 0. The predicted molar refractivity (Wildman–Crippen MR) is 77.4 cm³/mol. The van der Waals surface area contributed by atoms with Gasteiger partial charge in [0.2, 0.25) is 0 Å². The van der Waals surface area contributed by atoms with Crippen LogP contribution in [-0.4, -0.2) is 5.84 Å². The van der Waals surface area contributed by atoms with Gasteiger partial charge < -0.3 is 10.5 Å². The largest absolute Gasteiger partial charge is 0.384 e. The number of nitrogen functional groups attached to an aromatic ring is 1. The molecule has 0 aliphatic rings. The molecule has 0 aliphatic carbocycles. The zero-order valence-corrected chi connectivity index (χ0v) is 11.2. The van der Waals surface area contributed by atoms with Crippen molar-refractivity contribution in [2.24, 2.45) is 5.73 Å². The third kappa shape index (κ3) is 4.09. The molecule has 0 aromatic heterocycles. The summed E-state index contributed by atoms with van der Waals surface area (Å²) in [6.07, 6.45) is 0. The zero-order chi connectivity index (χ0) is 13.7. The van der Waals surface area contributed by atoms with Crippen molar-refractivity contribution in [1.29, 1.82) is 5.41 Å². The van der Waals surface area contributed by atoms with Gasteiger partial charge in [-0.3, -0.25) is 5.41 Å². The van der Waals surface area contributed by atoms with Crippen LogP contribution in [0.15, 0.2) is 48.5 Å². The van der Waals surface area contributed by atoms with E-state index in [1.54, 1.807) is 0 Å². The van der Waals surface area contributed by atoms with Gasteiger partial charge in [-0.25, -0.2) is 0 Å². The van der Waals surface area contributed by atoms with Gasteiger partial charge in [-0.2, -0.15) is 0 Å². The lowest BCUT2D eigenvalue weighted by Gasteiger charge is -2.06. The summed E-state index contributed by atoms with van der Waals surface area (Å²) in [6, 6.07) is 15.1. The Bertz CT molecular complexity index is 549. The van der Waals surface area contributed by atoms with Gasteiger partial charge in [-0.15, -0.1) is 0 Å². The smallest absolute Gasteiger partial charge is 0.122 e. The van der Waals surface area contributed by atoms with E-state index in [0.717, 1.165) is 21.7 Å². The van der Waals surface area contributed by atoms with Crippen molar-refractivity contribution >= 4 is 17.4 Å². The van der Waals surface area contributed by atoms with E-state index in [4.69, 9.17) is 27.5 Å². The van der Waals surface area contributed by atoms with Gasteiger partial charge >= 0.3 is 0 Å². The summed E-state index contributed by atoms with van der Waals surface area (Å²) < 4.78 is 5.62. The second-order valence-corrected chi connectivity index (χ2v) is 4.67. The molecule has 2 rings (SSSR count). The number of benzene rings is 2. The van der Waals surface area contributed by atoms with Crippen LogP contribution in [0.1, 0.15) is 16.7 Å². The van der Waals surface area contributed by atoms with E-state index < -0.39 is 0 Å². The Hall–Kier alpha value is -1.84. The molecule has 4 heteroatoms. The minimum atomic E-state index is 0.0774. The molecule has 0 radical (unpaired) electrons. The van der Waals surface area contributed by atoms with E-state index in [-0.39, 0.29) is 5.84 Å². The average Bonchev–Trinajstić information content (AvgIpc) is 2.41. The SMILES string of the molecule is N=C(N)c1ccc(COCc2ccc(Cl)cc2)cc1. The number of ether oxygens (including phenoxy) is 1. The normalized spacial score (nSPS) is 10.4. The Morgan fingerprint density at radius 3 is 1.89 bits per heavy atom. The molecule has 2 aromatic carbocycles. The van der Waals surface area contributed by atoms with Gasteiger partial charge in [0.05, 0.1) is 13.2 Å². The minimum Gasteiger partial charge on any atom is -0.384 e. The van der Waals surface area contributed by atoms with E-state index in [9.17, 15) is 0 Å². The molecule has 0 amide bonds. The van der Waals surface area contributed by atoms with Crippen LogP contribution in [0.5, 0.6) is 0 Å². The molecule has 0 saturated heterocycles. The molecule has 19 heavy (non-hydrogen) atoms. The Kier molecular flexibility index (Phi) is 4.55. The van der Waals surface area contributed by atoms with Crippen molar-refractivity contribution in [1.82, 2.24) is 0 Å². The molecule has 0 fully saturated rings. The van der Waals surface area contributed by atoms with Crippen LogP contribution in [0.4, 0.5) is 0 Å². The van der Waals surface area contributed by atoms with Crippen LogP contribution in [0.25, 0.3) is 0 Å². The van der Waals surface area contributed by atoms with Gasteiger partial charge in [0.25, 0.3) is 0 Å². The second-order valence-electron chi connectivity index (χ2n) is 4.23. The highest BCUT2D eigenvalue weighted by molar-refractivity contribution is 6.30. The number of hydrogen-bond donors (Lipinski definition) is 2. The number of halogens is 1. The molecule has 0 atom stereocenters. The number of nitrogens with two attached hydrogens (primary N) is 1. The minimum absolute atomic E-state index is 0.0774. The quantitative estimate of drug-likeness (QED) is 0.649. The third-order valence-corrected chi connectivity index (χ3v) is 2.97. The topological polar surface area (TPSA) is 59.1 Å². The summed E-state index contributed by atoms with van der Waals surface area (Å²) in [6.45, 7) is 1.08. The molecule has 98 valence electrons. The van der Waals surface area contributed by atoms with Gasteiger partial charge in [0.1, 0.15) is 5.84 Å². The molecule has 2 aromatic rings. The summed E-state index contributed by atoms with van der Waals surface area (Å²) >= 11 is 5.81. The second kappa shape index (κ2) is 6.36. The van der Waals surface area contributed by atoms with Crippen LogP contribution in [0, 0.1) is 5.41 Å². The molecule has 0 aliphatic heterocycles. The van der Waals surface area contributed by atoms with Gasteiger partial charge in [0.15, 0.2) is 0 Å². The molecule has 0 saturated carbocycles. The molecule has 0 unspecified atom stereocenters. The molecular formula is C15H15ClN2O. The predicted octanol–water partition coefficient (Wildman–Crippen LogP) is 3.34. The Labute approximate surface area is 117 Å². The fraction of sp³-hybridized carbons (Fsp3) is 0.133. The number of amidine groups is 1. The van der Waals surface area contributed by atoms with E-state index in [0.29, 0.717) is 13.2 Å². The van der Waals surface area contributed by atoms with Crippen LogP contribution in [-0.2, 0) is 18.0 Å². The van der Waals surface area contributed by atoms with Gasteiger partial charge in [0, 0.05) is 10.6 Å². The van der Waals surface area contributed by atoms with Crippen LogP contribution in [0.2, 0.25) is 5.02 Å². The number of hydrogen-bond acceptors (Lipinski definition) is 2. The maximum absolute atomic E-state index is 7.31. The zero-order valence-electron chi connectivity index (χ0n) is 10.4. The van der Waals surface area contributed by atoms with E-state index >= 15 is 0 Å². The molecule has 3 nitrogen and oxygen atoms in total. The fourth-order valence-corrected chi connectivity index (χ4v) is 1.77. The maximum atomic E-state index is 7.31. The molecule has 0 spiro atoms. The highest BCUT2D eigenvalue weighted by atomic mass is 35.5. The maximum Gasteiger partial charge on any atom is 0.122 e. The van der Waals surface area contributed by atoms with E-state index in [1.807, 2.05) is 48.5 Å². The van der Waals surface area contributed by atoms with Crippen molar-refractivity contribution in [3.05, 3.63) is 70.2 Å². The average molecular weight is 275 g/mol. The van der Waals surface area contributed by atoms with Crippen molar-refractivity contribution in [3.8, 4) is 0 Å². The van der Waals surface area contributed by atoms with Crippen molar-refractivity contribution in [2.75, 3.05) is 0 Å². The first-order chi connectivity index (χ1) is 9.15. The highest BCUT2D eigenvalue weighted by Crippen LogP contribution is 2.11. The van der Waals surface area contributed by atoms with E-state index in [2.05, 4.69) is 0 Å². The lowest BCUT2D eigenvalue weighted by molar-refractivity contribution is 0.107. The van der Waals surface area contributed by atoms with Crippen LogP contribution >= 0.6 is 11.6 Å². The van der Waals surface area contributed by atoms with Crippen LogP contribution in [0.3, 0.4) is 0 Å². The van der Waals surface area contributed by atoms with Crippen molar-refractivity contribution < 1.29 is 4.74 Å². The number of nitrogens with one attached hydrogen (secondary N) is 1. The van der Waals surface area contributed by atoms with E-state index in [1.165, 1.54) is 0 Å². The number of rotatable bonds is 5. The molecule has 0 heterocycles. The summed E-state index contributed by atoms with van der Waals surface area (Å²) in [5.41, 5.74) is 8.26. The van der Waals surface area contributed by atoms with Crippen molar-refractivity contribution in [3.63, 3.8) is 0 Å². The fourth-order valence-electron chi connectivity index (χ4n) is 1.65. The summed E-state index contributed by atoms with van der Waals surface area (Å²) in [7, 11) is 0. The summed E-state index contributed by atoms with van der Waals surface area (Å²) in [5.74, 6) is 0.0774. The first-order valence-electron chi connectivity index (χ1n) is 5.90. The highest BCUT2D eigenvalue weighted by Gasteiger charge is 1.98. The lowest BCUT2D eigenvalue weighted by atomic mass is 10.1. The summed E-state index contributed by atoms with van der Waals surface area (Å²) in [5, 5.41) is 8.03. The third-order valence-electron chi connectivity index (χ3n) is 2.72. The van der Waals surface area contributed by atoms with Gasteiger partial charge in [-0.05, 0) is 23.3 Å². The Morgan fingerprint density at radius 2 is 1.42 bits per heavy atom. The Morgan fingerprint density at radius 1 is 0.947 bits per heavy atom. The first kappa shape index (κ1) is 13.6. The standard InChI is InChI=1S/C15H15ClN2O/c16-14-7-3-12(4-8-14)10-19-9-11-1-5-13(6-2-11)15(17)18/h1-8H,9-10H2,(H3,17,18). The molecule has 0 bridgehead atoms. The monoisotopic (exact) mass is 274 g/mol.